The summed E-state index contributed by atoms with van der Waals surface area (Å²) in [5, 5.41) is 3.16. The Hall–Kier alpha value is -2.58. The standard InChI is InChI=1S/C16H15F4N5/c17-9-5-10(18)14(20)15(13(9)19)25-24-12-6-11(7-1-2-7)22-16(23-12)21-8-3-4-8/h5-8,25H,1-4H2,(H2,21,22,23,24). The number of nitrogens with zero attached hydrogens (tertiary/aromatic N) is 2. The van der Waals surface area contributed by atoms with Gasteiger partial charge in [0.1, 0.15) is 11.5 Å². The molecule has 0 spiro atoms. The van der Waals surface area contributed by atoms with E-state index in [-0.39, 0.29) is 11.9 Å². The summed E-state index contributed by atoms with van der Waals surface area (Å²) in [7, 11) is 0. The first-order valence-corrected chi connectivity index (χ1v) is 8.02. The first kappa shape index (κ1) is 15.9. The van der Waals surface area contributed by atoms with Crippen LogP contribution in [0.2, 0.25) is 0 Å². The molecular weight excluding hydrogens is 338 g/mol. The van der Waals surface area contributed by atoms with Crippen molar-refractivity contribution >= 4 is 17.5 Å². The van der Waals surface area contributed by atoms with Gasteiger partial charge in [-0.1, -0.05) is 0 Å². The molecule has 0 saturated heterocycles. The van der Waals surface area contributed by atoms with Crippen LogP contribution in [-0.2, 0) is 0 Å². The molecule has 0 radical (unpaired) electrons. The minimum absolute atomic E-state index is 0.156. The van der Waals surface area contributed by atoms with E-state index >= 15 is 0 Å². The monoisotopic (exact) mass is 353 g/mol. The average Bonchev–Trinajstić information content (AvgIpc) is 3.46. The van der Waals surface area contributed by atoms with Crippen LogP contribution in [0, 0.1) is 23.3 Å². The molecule has 0 amide bonds. The van der Waals surface area contributed by atoms with E-state index in [4.69, 9.17) is 0 Å². The molecule has 5 nitrogen and oxygen atoms in total. The normalized spacial score (nSPS) is 16.6. The molecule has 3 N–H and O–H groups in total. The van der Waals surface area contributed by atoms with E-state index in [1.807, 2.05) is 0 Å². The summed E-state index contributed by atoms with van der Waals surface area (Å²) >= 11 is 0. The zero-order valence-corrected chi connectivity index (χ0v) is 13.0. The van der Waals surface area contributed by atoms with Crippen LogP contribution in [0.25, 0.3) is 0 Å². The molecule has 0 bridgehead atoms. The Kier molecular flexibility index (Phi) is 3.85. The lowest BCUT2D eigenvalue weighted by molar-refractivity contribution is 0.459. The third kappa shape index (κ3) is 3.45. The summed E-state index contributed by atoms with van der Waals surface area (Å²) < 4.78 is 53.9. The number of rotatable bonds is 6. The van der Waals surface area contributed by atoms with Crippen LogP contribution in [-0.4, -0.2) is 16.0 Å². The van der Waals surface area contributed by atoms with Crippen molar-refractivity contribution in [3.05, 3.63) is 41.1 Å². The van der Waals surface area contributed by atoms with Gasteiger partial charge in [0, 0.05) is 24.1 Å². The van der Waals surface area contributed by atoms with Crippen LogP contribution >= 0.6 is 0 Å². The topological polar surface area (TPSA) is 61.9 Å². The van der Waals surface area contributed by atoms with Crippen molar-refractivity contribution in [3.8, 4) is 0 Å². The quantitative estimate of drug-likeness (QED) is 0.417. The molecule has 9 heteroatoms. The molecular formula is C16H15F4N5. The fourth-order valence-electron chi connectivity index (χ4n) is 2.40. The summed E-state index contributed by atoms with van der Waals surface area (Å²) in [6, 6.07) is 2.14. The minimum Gasteiger partial charge on any atom is -0.351 e. The van der Waals surface area contributed by atoms with Crippen LogP contribution in [0.5, 0.6) is 0 Å². The van der Waals surface area contributed by atoms with E-state index in [0.29, 0.717) is 17.9 Å². The Morgan fingerprint density at radius 1 is 0.840 bits per heavy atom. The van der Waals surface area contributed by atoms with Crippen molar-refractivity contribution < 1.29 is 17.6 Å². The number of nitrogens with one attached hydrogen (secondary N) is 3. The lowest BCUT2D eigenvalue weighted by atomic mass is 10.2. The molecule has 2 aliphatic rings. The third-order valence-corrected chi connectivity index (χ3v) is 4.08. The summed E-state index contributed by atoms with van der Waals surface area (Å²) in [5.74, 6) is -4.99. The molecule has 1 aromatic carbocycles. The van der Waals surface area contributed by atoms with E-state index in [1.165, 1.54) is 0 Å². The van der Waals surface area contributed by atoms with Gasteiger partial charge in [-0.25, -0.2) is 22.5 Å². The molecule has 1 aromatic heterocycles. The molecule has 0 atom stereocenters. The molecule has 4 rings (SSSR count). The summed E-state index contributed by atoms with van der Waals surface area (Å²) in [6.07, 6.45) is 4.12. The van der Waals surface area contributed by atoms with Gasteiger partial charge in [0.2, 0.25) is 5.95 Å². The molecule has 2 aromatic rings. The van der Waals surface area contributed by atoms with Gasteiger partial charge < -0.3 is 5.32 Å². The lowest BCUT2D eigenvalue weighted by Gasteiger charge is -2.13. The van der Waals surface area contributed by atoms with Crippen molar-refractivity contribution in [1.82, 2.24) is 9.97 Å². The van der Waals surface area contributed by atoms with Gasteiger partial charge in [-0.15, -0.1) is 0 Å². The number of benzene rings is 1. The maximum absolute atomic E-state index is 13.7. The molecule has 0 aliphatic heterocycles. The molecule has 0 unspecified atom stereocenters. The largest absolute Gasteiger partial charge is 0.351 e. The molecule has 25 heavy (non-hydrogen) atoms. The highest BCUT2D eigenvalue weighted by molar-refractivity contribution is 5.54. The zero-order valence-electron chi connectivity index (χ0n) is 13.0. The zero-order chi connectivity index (χ0) is 17.6. The van der Waals surface area contributed by atoms with E-state index in [1.54, 1.807) is 6.07 Å². The lowest BCUT2D eigenvalue weighted by Crippen LogP contribution is -2.16. The number of hydrogen-bond acceptors (Lipinski definition) is 5. The highest BCUT2D eigenvalue weighted by atomic mass is 19.2. The number of hydrogen-bond donors (Lipinski definition) is 3. The number of halogens is 4. The van der Waals surface area contributed by atoms with Crippen LogP contribution in [0.4, 0.5) is 35.0 Å². The van der Waals surface area contributed by atoms with Gasteiger partial charge in [0.15, 0.2) is 23.3 Å². The second-order valence-corrected chi connectivity index (χ2v) is 6.29. The Morgan fingerprint density at radius 3 is 2.12 bits per heavy atom. The SMILES string of the molecule is Fc1cc(F)c(F)c(NNc2cc(C3CC3)nc(NC3CC3)n2)c1F. The highest BCUT2D eigenvalue weighted by Gasteiger charge is 2.28. The van der Waals surface area contributed by atoms with Gasteiger partial charge in [-0.05, 0) is 25.7 Å². The van der Waals surface area contributed by atoms with Gasteiger partial charge in [-0.3, -0.25) is 10.9 Å². The smallest absolute Gasteiger partial charge is 0.225 e. The van der Waals surface area contributed by atoms with Crippen molar-refractivity contribution in [2.24, 2.45) is 0 Å². The molecule has 2 aliphatic carbocycles. The van der Waals surface area contributed by atoms with Gasteiger partial charge >= 0.3 is 0 Å². The fourth-order valence-corrected chi connectivity index (χ4v) is 2.40. The van der Waals surface area contributed by atoms with E-state index in [0.717, 1.165) is 31.4 Å². The van der Waals surface area contributed by atoms with Crippen molar-refractivity contribution in [3.63, 3.8) is 0 Å². The molecule has 2 saturated carbocycles. The molecule has 2 fully saturated rings. The Labute approximate surface area is 140 Å². The number of hydrazine groups is 1. The van der Waals surface area contributed by atoms with Crippen LogP contribution in [0.1, 0.15) is 37.3 Å². The first-order valence-electron chi connectivity index (χ1n) is 8.02. The second-order valence-electron chi connectivity index (χ2n) is 6.29. The maximum Gasteiger partial charge on any atom is 0.225 e. The van der Waals surface area contributed by atoms with Crippen LogP contribution in [0.15, 0.2) is 12.1 Å². The summed E-state index contributed by atoms with van der Waals surface area (Å²) in [6.45, 7) is 0. The molecule has 1 heterocycles. The predicted molar refractivity (Wildman–Crippen MR) is 84.2 cm³/mol. The van der Waals surface area contributed by atoms with E-state index < -0.39 is 29.0 Å². The van der Waals surface area contributed by atoms with Crippen molar-refractivity contribution in [2.75, 3.05) is 16.2 Å². The first-order chi connectivity index (χ1) is 12.0. The summed E-state index contributed by atoms with van der Waals surface area (Å²) in [4.78, 5) is 8.65. The van der Waals surface area contributed by atoms with Gasteiger partial charge in [0.25, 0.3) is 0 Å². The van der Waals surface area contributed by atoms with Crippen LogP contribution < -0.4 is 16.2 Å². The Morgan fingerprint density at radius 2 is 1.52 bits per heavy atom. The molecule has 132 valence electrons. The van der Waals surface area contributed by atoms with Crippen molar-refractivity contribution in [1.29, 1.82) is 0 Å². The Bertz CT molecular complexity index is 794. The number of aromatic nitrogens is 2. The van der Waals surface area contributed by atoms with E-state index in [2.05, 4.69) is 26.1 Å². The minimum atomic E-state index is -1.51. The Balaban J connectivity index is 1.57. The van der Waals surface area contributed by atoms with Gasteiger partial charge in [0.05, 0.1) is 5.69 Å². The van der Waals surface area contributed by atoms with Crippen molar-refractivity contribution in [2.45, 2.75) is 37.6 Å². The summed E-state index contributed by atoms with van der Waals surface area (Å²) in [5.41, 5.74) is 4.53. The number of anilines is 3. The second kappa shape index (κ2) is 6.05. The fraction of sp³-hybridized carbons (Fsp3) is 0.375. The maximum atomic E-state index is 13.7. The van der Waals surface area contributed by atoms with Crippen LogP contribution in [0.3, 0.4) is 0 Å². The average molecular weight is 353 g/mol. The predicted octanol–water partition coefficient (Wildman–Crippen LogP) is 3.92. The highest BCUT2D eigenvalue weighted by Crippen LogP contribution is 2.40. The van der Waals surface area contributed by atoms with E-state index in [9.17, 15) is 17.6 Å². The third-order valence-electron chi connectivity index (χ3n) is 4.08. The van der Waals surface area contributed by atoms with Gasteiger partial charge in [-0.2, -0.15) is 4.98 Å².